The second-order valence-corrected chi connectivity index (χ2v) is 5.53. The second kappa shape index (κ2) is 6.78. The summed E-state index contributed by atoms with van der Waals surface area (Å²) in [5.41, 5.74) is 0. The first-order chi connectivity index (χ1) is 8.77. The SMILES string of the molecule is CN(C)CCCNc1nccn1C1CCCCC1. The highest BCUT2D eigenvalue weighted by Gasteiger charge is 2.17. The van der Waals surface area contributed by atoms with Crippen molar-refractivity contribution >= 4 is 5.95 Å². The van der Waals surface area contributed by atoms with E-state index in [1.165, 1.54) is 32.1 Å². The smallest absolute Gasteiger partial charge is 0.203 e. The zero-order chi connectivity index (χ0) is 12.8. The Labute approximate surface area is 110 Å². The summed E-state index contributed by atoms with van der Waals surface area (Å²) < 4.78 is 2.34. The third-order valence-electron chi connectivity index (χ3n) is 3.70. The molecule has 1 N–H and O–H groups in total. The van der Waals surface area contributed by atoms with Crippen LogP contribution < -0.4 is 5.32 Å². The van der Waals surface area contributed by atoms with E-state index in [2.05, 4.69) is 40.1 Å². The molecule has 1 aliphatic rings. The number of aromatic nitrogens is 2. The summed E-state index contributed by atoms with van der Waals surface area (Å²) in [5, 5.41) is 3.47. The van der Waals surface area contributed by atoms with Crippen molar-refractivity contribution in [1.82, 2.24) is 14.5 Å². The Bertz CT molecular complexity index is 339. The van der Waals surface area contributed by atoms with Crippen LogP contribution in [0.25, 0.3) is 0 Å². The van der Waals surface area contributed by atoms with Crippen LogP contribution >= 0.6 is 0 Å². The maximum absolute atomic E-state index is 4.45. The van der Waals surface area contributed by atoms with Gasteiger partial charge in [0.1, 0.15) is 0 Å². The lowest BCUT2D eigenvalue weighted by atomic mass is 9.95. The first-order valence-corrected chi connectivity index (χ1v) is 7.19. The van der Waals surface area contributed by atoms with Gasteiger partial charge in [0.15, 0.2) is 0 Å². The molecule has 0 spiro atoms. The average molecular weight is 250 g/mol. The van der Waals surface area contributed by atoms with E-state index in [0.29, 0.717) is 6.04 Å². The minimum Gasteiger partial charge on any atom is -0.356 e. The van der Waals surface area contributed by atoms with Gasteiger partial charge in [0.05, 0.1) is 0 Å². The van der Waals surface area contributed by atoms with Crippen LogP contribution in [0.2, 0.25) is 0 Å². The number of rotatable bonds is 6. The molecule has 1 heterocycles. The molecule has 102 valence electrons. The standard InChI is InChI=1S/C14H26N4/c1-17(2)11-6-9-15-14-16-10-12-18(14)13-7-4-3-5-8-13/h10,12-13H,3-9,11H2,1-2H3,(H,15,16). The van der Waals surface area contributed by atoms with E-state index in [9.17, 15) is 0 Å². The van der Waals surface area contributed by atoms with Crippen LogP contribution in [0.15, 0.2) is 12.4 Å². The molecule has 1 aromatic rings. The summed E-state index contributed by atoms with van der Waals surface area (Å²) in [6.45, 7) is 2.12. The number of nitrogens with zero attached hydrogens (tertiary/aromatic N) is 3. The van der Waals surface area contributed by atoms with E-state index < -0.39 is 0 Å². The third kappa shape index (κ3) is 3.73. The van der Waals surface area contributed by atoms with Crippen LogP contribution in [0.4, 0.5) is 5.95 Å². The monoisotopic (exact) mass is 250 g/mol. The molecule has 0 amide bonds. The number of hydrogen-bond donors (Lipinski definition) is 1. The van der Waals surface area contributed by atoms with Gasteiger partial charge in [-0.15, -0.1) is 0 Å². The molecule has 0 atom stereocenters. The Morgan fingerprint density at radius 3 is 2.83 bits per heavy atom. The highest BCUT2D eigenvalue weighted by atomic mass is 15.2. The summed E-state index contributed by atoms with van der Waals surface area (Å²) in [4.78, 5) is 6.66. The van der Waals surface area contributed by atoms with Crippen LogP contribution in [0, 0.1) is 0 Å². The molecule has 4 heteroatoms. The molecular weight excluding hydrogens is 224 g/mol. The van der Waals surface area contributed by atoms with Crippen LogP contribution in [-0.2, 0) is 0 Å². The van der Waals surface area contributed by atoms with Crippen molar-refractivity contribution in [2.45, 2.75) is 44.6 Å². The first-order valence-electron chi connectivity index (χ1n) is 7.19. The quantitative estimate of drug-likeness (QED) is 0.788. The summed E-state index contributed by atoms with van der Waals surface area (Å²) >= 11 is 0. The van der Waals surface area contributed by atoms with Crippen molar-refractivity contribution in [2.24, 2.45) is 0 Å². The zero-order valence-electron chi connectivity index (χ0n) is 11.7. The van der Waals surface area contributed by atoms with Crippen molar-refractivity contribution in [1.29, 1.82) is 0 Å². The second-order valence-electron chi connectivity index (χ2n) is 5.53. The molecule has 0 bridgehead atoms. The molecular formula is C14H26N4. The van der Waals surface area contributed by atoms with Crippen molar-refractivity contribution in [3.63, 3.8) is 0 Å². The number of nitrogens with one attached hydrogen (secondary N) is 1. The van der Waals surface area contributed by atoms with E-state index in [0.717, 1.165) is 25.5 Å². The molecule has 0 saturated heterocycles. The molecule has 0 aromatic carbocycles. The fourth-order valence-electron chi connectivity index (χ4n) is 2.70. The predicted molar refractivity (Wildman–Crippen MR) is 76.0 cm³/mol. The normalized spacial score (nSPS) is 17.3. The van der Waals surface area contributed by atoms with Gasteiger partial charge in [0.25, 0.3) is 0 Å². The van der Waals surface area contributed by atoms with Gasteiger partial charge in [0, 0.05) is 25.0 Å². The topological polar surface area (TPSA) is 33.1 Å². The third-order valence-corrected chi connectivity index (χ3v) is 3.70. The fraction of sp³-hybridized carbons (Fsp3) is 0.786. The minimum absolute atomic E-state index is 0.664. The van der Waals surface area contributed by atoms with Crippen LogP contribution in [0.1, 0.15) is 44.6 Å². The van der Waals surface area contributed by atoms with E-state index >= 15 is 0 Å². The van der Waals surface area contributed by atoms with Crippen LogP contribution in [0.3, 0.4) is 0 Å². The van der Waals surface area contributed by atoms with Crippen molar-refractivity contribution in [3.05, 3.63) is 12.4 Å². The first kappa shape index (κ1) is 13.4. The maximum atomic E-state index is 4.45. The number of imidazole rings is 1. The highest BCUT2D eigenvalue weighted by molar-refractivity contribution is 5.26. The molecule has 4 nitrogen and oxygen atoms in total. The Balaban J connectivity index is 1.83. The Morgan fingerprint density at radius 2 is 2.11 bits per heavy atom. The lowest BCUT2D eigenvalue weighted by molar-refractivity contribution is 0.355. The van der Waals surface area contributed by atoms with Gasteiger partial charge >= 0.3 is 0 Å². The molecule has 1 fully saturated rings. The van der Waals surface area contributed by atoms with Crippen LogP contribution in [-0.4, -0.2) is 41.6 Å². The van der Waals surface area contributed by atoms with Crippen molar-refractivity contribution in [2.75, 3.05) is 32.5 Å². The highest BCUT2D eigenvalue weighted by Crippen LogP contribution is 2.29. The van der Waals surface area contributed by atoms with Crippen molar-refractivity contribution < 1.29 is 0 Å². The lowest BCUT2D eigenvalue weighted by Crippen LogP contribution is -2.19. The van der Waals surface area contributed by atoms with Gasteiger partial charge < -0.3 is 14.8 Å². The lowest BCUT2D eigenvalue weighted by Gasteiger charge is -2.24. The van der Waals surface area contributed by atoms with Gasteiger partial charge in [-0.25, -0.2) is 4.98 Å². The summed E-state index contributed by atoms with van der Waals surface area (Å²) in [6, 6.07) is 0.664. The van der Waals surface area contributed by atoms with Gasteiger partial charge in [-0.1, -0.05) is 19.3 Å². The van der Waals surface area contributed by atoms with E-state index in [-0.39, 0.29) is 0 Å². The number of anilines is 1. The largest absolute Gasteiger partial charge is 0.356 e. The van der Waals surface area contributed by atoms with Gasteiger partial charge in [-0.05, 0) is 39.9 Å². The van der Waals surface area contributed by atoms with Gasteiger partial charge in [0.2, 0.25) is 5.95 Å². The summed E-state index contributed by atoms with van der Waals surface area (Å²) in [7, 11) is 4.23. The average Bonchev–Trinajstić information content (AvgIpc) is 2.84. The summed E-state index contributed by atoms with van der Waals surface area (Å²) in [6.07, 6.45) is 12.0. The van der Waals surface area contributed by atoms with E-state index in [1.54, 1.807) is 0 Å². The van der Waals surface area contributed by atoms with E-state index in [1.807, 2.05) is 6.20 Å². The zero-order valence-corrected chi connectivity index (χ0v) is 11.7. The fourth-order valence-corrected chi connectivity index (χ4v) is 2.70. The molecule has 0 unspecified atom stereocenters. The van der Waals surface area contributed by atoms with E-state index in [4.69, 9.17) is 0 Å². The van der Waals surface area contributed by atoms with Gasteiger partial charge in [-0.3, -0.25) is 0 Å². The van der Waals surface area contributed by atoms with Crippen LogP contribution in [0.5, 0.6) is 0 Å². The Morgan fingerprint density at radius 1 is 1.33 bits per heavy atom. The van der Waals surface area contributed by atoms with Crippen molar-refractivity contribution in [3.8, 4) is 0 Å². The minimum atomic E-state index is 0.664. The molecule has 2 rings (SSSR count). The van der Waals surface area contributed by atoms with Gasteiger partial charge in [-0.2, -0.15) is 0 Å². The molecule has 1 saturated carbocycles. The predicted octanol–water partition coefficient (Wildman–Crippen LogP) is 2.75. The Hall–Kier alpha value is -1.03. The molecule has 1 aromatic heterocycles. The maximum Gasteiger partial charge on any atom is 0.203 e. The molecule has 0 aliphatic heterocycles. The Kier molecular flexibility index (Phi) is 5.05. The summed E-state index contributed by atoms with van der Waals surface area (Å²) in [5.74, 6) is 1.06. The number of hydrogen-bond acceptors (Lipinski definition) is 3. The molecule has 18 heavy (non-hydrogen) atoms. The molecule has 0 radical (unpaired) electrons. The molecule has 1 aliphatic carbocycles.